The second-order valence-corrected chi connectivity index (χ2v) is 4.07. The second-order valence-electron chi connectivity index (χ2n) is 4.07. The Bertz CT molecular complexity index is 476. The van der Waals surface area contributed by atoms with Gasteiger partial charge in [-0.3, -0.25) is 4.68 Å². The molecule has 0 spiro atoms. The summed E-state index contributed by atoms with van der Waals surface area (Å²) in [5, 5.41) is 7.44. The van der Waals surface area contributed by atoms with Gasteiger partial charge >= 0.3 is 0 Å². The van der Waals surface area contributed by atoms with Crippen molar-refractivity contribution in [2.24, 2.45) is 7.05 Å². The highest BCUT2D eigenvalue weighted by molar-refractivity contribution is 5.46. The van der Waals surface area contributed by atoms with Crippen molar-refractivity contribution >= 4 is 11.5 Å². The molecule has 0 aliphatic rings. The molecule has 0 aliphatic heterocycles. The number of nitrogens with two attached hydrogens (primary N) is 1. The summed E-state index contributed by atoms with van der Waals surface area (Å²) in [4.78, 5) is 0. The molecule has 4 heteroatoms. The maximum atomic E-state index is 5.89. The molecule has 0 saturated carbocycles. The highest BCUT2D eigenvalue weighted by atomic mass is 15.3. The summed E-state index contributed by atoms with van der Waals surface area (Å²) >= 11 is 0. The van der Waals surface area contributed by atoms with Crippen LogP contribution in [0, 0.1) is 0 Å². The van der Waals surface area contributed by atoms with E-state index in [-0.39, 0.29) is 0 Å². The van der Waals surface area contributed by atoms with Crippen LogP contribution in [0.3, 0.4) is 0 Å². The van der Waals surface area contributed by atoms with Crippen LogP contribution in [-0.2, 0) is 13.5 Å². The van der Waals surface area contributed by atoms with Gasteiger partial charge in [-0.15, -0.1) is 0 Å². The zero-order chi connectivity index (χ0) is 12.1. The lowest BCUT2D eigenvalue weighted by Gasteiger charge is -2.07. The van der Waals surface area contributed by atoms with E-state index in [4.69, 9.17) is 5.73 Å². The largest absolute Gasteiger partial charge is 0.399 e. The van der Waals surface area contributed by atoms with Crippen molar-refractivity contribution in [3.8, 4) is 0 Å². The summed E-state index contributed by atoms with van der Waals surface area (Å²) in [6.07, 6.45) is 3.84. The van der Waals surface area contributed by atoms with E-state index < -0.39 is 0 Å². The molecule has 0 bridgehead atoms. The molecular formula is C13H18N4. The lowest BCUT2D eigenvalue weighted by Crippen LogP contribution is -2.07. The maximum Gasteiger partial charge on any atom is 0.123 e. The summed E-state index contributed by atoms with van der Waals surface area (Å²) in [5.41, 5.74) is 7.99. The van der Waals surface area contributed by atoms with Gasteiger partial charge in [-0.25, -0.2) is 0 Å². The molecule has 2 rings (SSSR count). The molecule has 0 atom stereocenters. The average Bonchev–Trinajstić information content (AvgIpc) is 2.73. The Morgan fingerprint density at radius 1 is 1.29 bits per heavy atom. The van der Waals surface area contributed by atoms with Gasteiger partial charge in [-0.05, 0) is 24.5 Å². The van der Waals surface area contributed by atoms with Gasteiger partial charge in [0.25, 0.3) is 0 Å². The molecule has 0 amide bonds. The van der Waals surface area contributed by atoms with Crippen molar-refractivity contribution in [2.45, 2.75) is 12.8 Å². The Labute approximate surface area is 101 Å². The zero-order valence-corrected chi connectivity index (χ0v) is 10.1. The van der Waals surface area contributed by atoms with E-state index in [1.54, 1.807) is 6.20 Å². The summed E-state index contributed by atoms with van der Waals surface area (Å²) in [6.45, 7) is 0.924. The van der Waals surface area contributed by atoms with Crippen LogP contribution in [0.15, 0.2) is 36.5 Å². The van der Waals surface area contributed by atoms with Crippen LogP contribution in [0.2, 0.25) is 0 Å². The molecule has 0 aliphatic carbocycles. The van der Waals surface area contributed by atoms with Crippen molar-refractivity contribution in [1.29, 1.82) is 0 Å². The van der Waals surface area contributed by atoms with Crippen molar-refractivity contribution in [3.05, 3.63) is 42.1 Å². The number of aryl methyl sites for hydroxylation is 2. The van der Waals surface area contributed by atoms with Gasteiger partial charge in [-0.1, -0.05) is 18.2 Å². The molecule has 1 heterocycles. The monoisotopic (exact) mass is 230 g/mol. The molecule has 90 valence electrons. The molecule has 2 aromatic rings. The number of hydrogen-bond acceptors (Lipinski definition) is 3. The van der Waals surface area contributed by atoms with Crippen LogP contribution in [0.4, 0.5) is 11.5 Å². The summed E-state index contributed by atoms with van der Waals surface area (Å²) in [6, 6.07) is 9.99. The third-order valence-corrected chi connectivity index (χ3v) is 2.81. The standard InChI is InChI=1S/C13H18N4/c1-17-13(8-10-16-17)15-9-4-6-11-5-2-3-7-12(11)14/h2-3,5,7-8,10,15H,4,6,9,14H2,1H3. The van der Waals surface area contributed by atoms with Crippen molar-refractivity contribution in [3.63, 3.8) is 0 Å². The molecule has 1 aromatic heterocycles. The number of rotatable bonds is 5. The van der Waals surface area contributed by atoms with Crippen LogP contribution < -0.4 is 11.1 Å². The lowest BCUT2D eigenvalue weighted by atomic mass is 10.1. The minimum Gasteiger partial charge on any atom is -0.399 e. The Kier molecular flexibility index (Phi) is 3.65. The van der Waals surface area contributed by atoms with E-state index in [1.165, 1.54) is 5.56 Å². The normalized spacial score (nSPS) is 10.4. The van der Waals surface area contributed by atoms with Crippen LogP contribution in [-0.4, -0.2) is 16.3 Å². The van der Waals surface area contributed by atoms with E-state index >= 15 is 0 Å². The Morgan fingerprint density at radius 2 is 2.12 bits per heavy atom. The summed E-state index contributed by atoms with van der Waals surface area (Å²) < 4.78 is 1.83. The minimum atomic E-state index is 0.882. The first-order chi connectivity index (χ1) is 8.27. The third-order valence-electron chi connectivity index (χ3n) is 2.81. The number of para-hydroxylation sites is 1. The van der Waals surface area contributed by atoms with Crippen molar-refractivity contribution in [2.75, 3.05) is 17.6 Å². The number of aromatic nitrogens is 2. The highest BCUT2D eigenvalue weighted by Gasteiger charge is 1.99. The first-order valence-corrected chi connectivity index (χ1v) is 5.82. The molecule has 1 aromatic carbocycles. The van der Waals surface area contributed by atoms with Crippen LogP contribution >= 0.6 is 0 Å². The van der Waals surface area contributed by atoms with Gasteiger partial charge in [0.05, 0.1) is 6.20 Å². The Balaban J connectivity index is 1.77. The molecule has 0 unspecified atom stereocenters. The first kappa shape index (κ1) is 11.5. The smallest absolute Gasteiger partial charge is 0.123 e. The van der Waals surface area contributed by atoms with Gasteiger partial charge in [0.15, 0.2) is 0 Å². The van der Waals surface area contributed by atoms with E-state index in [2.05, 4.69) is 16.5 Å². The second kappa shape index (κ2) is 5.39. The van der Waals surface area contributed by atoms with E-state index in [1.807, 2.05) is 36.0 Å². The number of benzene rings is 1. The van der Waals surface area contributed by atoms with E-state index in [0.29, 0.717) is 0 Å². The summed E-state index contributed by atoms with van der Waals surface area (Å²) in [7, 11) is 1.93. The number of nitrogens with zero attached hydrogens (tertiary/aromatic N) is 2. The number of anilines is 2. The van der Waals surface area contributed by atoms with Crippen molar-refractivity contribution < 1.29 is 0 Å². The molecule has 4 nitrogen and oxygen atoms in total. The molecular weight excluding hydrogens is 212 g/mol. The maximum absolute atomic E-state index is 5.89. The number of hydrogen-bond donors (Lipinski definition) is 2. The average molecular weight is 230 g/mol. The van der Waals surface area contributed by atoms with Gasteiger partial charge in [0.1, 0.15) is 5.82 Å². The fraction of sp³-hybridized carbons (Fsp3) is 0.308. The predicted octanol–water partition coefficient (Wildman–Crippen LogP) is 2.05. The molecule has 0 radical (unpaired) electrons. The predicted molar refractivity (Wildman–Crippen MR) is 70.9 cm³/mol. The van der Waals surface area contributed by atoms with Gasteiger partial charge < -0.3 is 11.1 Å². The van der Waals surface area contributed by atoms with Gasteiger partial charge in [0, 0.05) is 25.3 Å². The van der Waals surface area contributed by atoms with Crippen LogP contribution in [0.5, 0.6) is 0 Å². The highest BCUT2D eigenvalue weighted by Crippen LogP contribution is 2.12. The molecule has 3 N–H and O–H groups in total. The fourth-order valence-electron chi connectivity index (χ4n) is 1.80. The lowest BCUT2D eigenvalue weighted by molar-refractivity contribution is 0.760. The third kappa shape index (κ3) is 3.00. The molecule has 17 heavy (non-hydrogen) atoms. The minimum absolute atomic E-state index is 0.882. The zero-order valence-electron chi connectivity index (χ0n) is 10.1. The van der Waals surface area contributed by atoms with E-state index in [9.17, 15) is 0 Å². The SMILES string of the molecule is Cn1nccc1NCCCc1ccccc1N. The van der Waals surface area contributed by atoms with Crippen LogP contribution in [0.25, 0.3) is 0 Å². The fourth-order valence-corrected chi connectivity index (χ4v) is 1.80. The first-order valence-electron chi connectivity index (χ1n) is 5.82. The van der Waals surface area contributed by atoms with Crippen LogP contribution in [0.1, 0.15) is 12.0 Å². The Hall–Kier alpha value is -1.97. The van der Waals surface area contributed by atoms with Crippen molar-refractivity contribution in [1.82, 2.24) is 9.78 Å². The van der Waals surface area contributed by atoms with E-state index in [0.717, 1.165) is 30.9 Å². The topological polar surface area (TPSA) is 55.9 Å². The van der Waals surface area contributed by atoms with Gasteiger partial charge in [0.2, 0.25) is 0 Å². The molecule has 0 saturated heterocycles. The quantitative estimate of drug-likeness (QED) is 0.610. The number of nitrogens with one attached hydrogen (secondary N) is 1. The Morgan fingerprint density at radius 3 is 2.82 bits per heavy atom. The summed E-state index contributed by atoms with van der Waals surface area (Å²) in [5.74, 6) is 1.05. The molecule has 0 fully saturated rings. The number of nitrogen functional groups attached to an aromatic ring is 1. The van der Waals surface area contributed by atoms with Gasteiger partial charge in [-0.2, -0.15) is 5.10 Å².